The Labute approximate surface area is 109 Å². The summed E-state index contributed by atoms with van der Waals surface area (Å²) in [5, 5.41) is 2.04. The second-order valence-corrected chi connectivity index (χ2v) is 7.22. The van der Waals surface area contributed by atoms with Crippen LogP contribution in [0, 0.1) is 11.3 Å². The van der Waals surface area contributed by atoms with Crippen molar-refractivity contribution in [1.82, 2.24) is 0 Å². The molecule has 1 unspecified atom stereocenters. The molecular formula is C13H17BrOS. The second kappa shape index (κ2) is 4.61. The van der Waals surface area contributed by atoms with Gasteiger partial charge in [0, 0.05) is 27.1 Å². The number of rotatable bonds is 3. The molecule has 0 aliphatic heterocycles. The Morgan fingerprint density at radius 2 is 2.38 bits per heavy atom. The maximum atomic E-state index is 12.2. The average Bonchev–Trinajstić information content (AvgIpc) is 2.72. The van der Waals surface area contributed by atoms with Crippen molar-refractivity contribution in [3.05, 3.63) is 20.8 Å². The van der Waals surface area contributed by atoms with Gasteiger partial charge in [-0.05, 0) is 40.3 Å². The molecule has 2 rings (SSSR count). The Balaban J connectivity index is 2.03. The van der Waals surface area contributed by atoms with E-state index in [2.05, 4.69) is 35.8 Å². The molecule has 0 saturated heterocycles. The first kappa shape index (κ1) is 12.3. The molecule has 1 aromatic rings. The molecule has 1 nitrogen and oxygen atoms in total. The number of thiophene rings is 1. The summed E-state index contributed by atoms with van der Waals surface area (Å²) in [6, 6.07) is 2.06. The van der Waals surface area contributed by atoms with E-state index < -0.39 is 0 Å². The third-order valence-corrected chi connectivity index (χ3v) is 5.31. The van der Waals surface area contributed by atoms with Gasteiger partial charge in [0.25, 0.3) is 0 Å². The van der Waals surface area contributed by atoms with Gasteiger partial charge in [-0.2, -0.15) is 0 Å². The van der Waals surface area contributed by atoms with Gasteiger partial charge in [-0.1, -0.05) is 20.3 Å². The fourth-order valence-corrected chi connectivity index (χ4v) is 4.13. The second-order valence-electron chi connectivity index (χ2n) is 5.31. The fourth-order valence-electron chi connectivity index (χ4n) is 2.67. The highest BCUT2D eigenvalue weighted by Gasteiger charge is 2.38. The van der Waals surface area contributed by atoms with Crippen LogP contribution < -0.4 is 0 Å². The minimum Gasteiger partial charge on any atom is -0.299 e. The first-order valence-corrected chi connectivity index (χ1v) is 7.42. The third-order valence-electron chi connectivity index (χ3n) is 3.62. The van der Waals surface area contributed by atoms with E-state index in [0.717, 1.165) is 10.9 Å². The molecule has 0 N–H and O–H groups in total. The number of carbonyl (C=O) groups excluding carboxylic acids is 1. The van der Waals surface area contributed by atoms with E-state index in [1.165, 1.54) is 17.7 Å². The quantitative estimate of drug-likeness (QED) is 0.806. The molecule has 1 heterocycles. The molecule has 1 aromatic heterocycles. The van der Waals surface area contributed by atoms with Gasteiger partial charge in [0.2, 0.25) is 0 Å². The maximum Gasteiger partial charge on any atom is 0.141 e. The summed E-state index contributed by atoms with van der Waals surface area (Å²) in [4.78, 5) is 13.4. The van der Waals surface area contributed by atoms with Crippen LogP contribution in [0.15, 0.2) is 15.9 Å². The largest absolute Gasteiger partial charge is 0.299 e. The summed E-state index contributed by atoms with van der Waals surface area (Å²) >= 11 is 5.10. The van der Waals surface area contributed by atoms with E-state index in [-0.39, 0.29) is 11.3 Å². The SMILES string of the molecule is CC1(C)CCCC1C(=O)Cc1cc(Br)cs1. The minimum absolute atomic E-state index is 0.214. The zero-order valence-corrected chi connectivity index (χ0v) is 12.2. The number of halogens is 1. The van der Waals surface area contributed by atoms with E-state index in [9.17, 15) is 4.79 Å². The molecule has 0 aromatic carbocycles. The van der Waals surface area contributed by atoms with Crippen LogP contribution in [-0.2, 0) is 11.2 Å². The lowest BCUT2D eigenvalue weighted by Crippen LogP contribution is -2.26. The van der Waals surface area contributed by atoms with Gasteiger partial charge >= 0.3 is 0 Å². The predicted molar refractivity (Wildman–Crippen MR) is 71.9 cm³/mol. The van der Waals surface area contributed by atoms with Crippen LogP contribution >= 0.6 is 27.3 Å². The predicted octanol–water partition coefficient (Wildman–Crippen LogP) is 4.45. The topological polar surface area (TPSA) is 17.1 Å². The van der Waals surface area contributed by atoms with Gasteiger partial charge in [0.15, 0.2) is 0 Å². The van der Waals surface area contributed by atoms with Gasteiger partial charge in [0.05, 0.1) is 0 Å². The van der Waals surface area contributed by atoms with Crippen molar-refractivity contribution in [3.63, 3.8) is 0 Å². The van der Waals surface area contributed by atoms with E-state index in [4.69, 9.17) is 0 Å². The summed E-state index contributed by atoms with van der Waals surface area (Å²) in [5.41, 5.74) is 0.214. The van der Waals surface area contributed by atoms with Gasteiger partial charge in [-0.25, -0.2) is 0 Å². The highest BCUT2D eigenvalue weighted by molar-refractivity contribution is 9.10. The van der Waals surface area contributed by atoms with E-state index in [1.807, 2.05) is 5.38 Å². The van der Waals surface area contributed by atoms with Crippen molar-refractivity contribution in [2.45, 2.75) is 39.5 Å². The Morgan fingerprint density at radius 3 is 2.88 bits per heavy atom. The molecule has 1 atom stereocenters. The van der Waals surface area contributed by atoms with Crippen molar-refractivity contribution in [2.75, 3.05) is 0 Å². The summed E-state index contributed by atoms with van der Waals surface area (Å²) in [7, 11) is 0. The van der Waals surface area contributed by atoms with Gasteiger partial charge in [0.1, 0.15) is 5.78 Å². The zero-order chi connectivity index (χ0) is 11.8. The normalized spacial score (nSPS) is 23.6. The number of Topliss-reactive ketones (excluding diaryl/α,β-unsaturated/α-hetero) is 1. The van der Waals surface area contributed by atoms with Crippen LogP contribution in [-0.4, -0.2) is 5.78 Å². The molecule has 1 aliphatic rings. The van der Waals surface area contributed by atoms with Gasteiger partial charge in [-0.3, -0.25) is 4.79 Å². The molecule has 3 heteroatoms. The Morgan fingerprint density at radius 1 is 1.62 bits per heavy atom. The molecule has 16 heavy (non-hydrogen) atoms. The number of ketones is 1. The third kappa shape index (κ3) is 2.57. The lowest BCUT2D eigenvalue weighted by Gasteiger charge is -2.25. The monoisotopic (exact) mass is 300 g/mol. The molecule has 0 radical (unpaired) electrons. The average molecular weight is 301 g/mol. The van der Waals surface area contributed by atoms with Gasteiger partial charge in [-0.15, -0.1) is 11.3 Å². The van der Waals surface area contributed by atoms with Crippen LogP contribution in [0.3, 0.4) is 0 Å². The molecule has 1 fully saturated rings. The minimum atomic E-state index is 0.214. The molecule has 0 amide bonds. The molecule has 1 saturated carbocycles. The Bertz CT molecular complexity index is 394. The molecule has 1 aliphatic carbocycles. The van der Waals surface area contributed by atoms with Crippen molar-refractivity contribution >= 4 is 33.0 Å². The molecule has 88 valence electrons. The van der Waals surface area contributed by atoms with E-state index >= 15 is 0 Å². The van der Waals surface area contributed by atoms with Crippen LogP contribution in [0.4, 0.5) is 0 Å². The maximum absolute atomic E-state index is 12.2. The van der Waals surface area contributed by atoms with E-state index in [1.54, 1.807) is 11.3 Å². The lowest BCUT2D eigenvalue weighted by atomic mass is 9.78. The highest BCUT2D eigenvalue weighted by atomic mass is 79.9. The first-order valence-electron chi connectivity index (χ1n) is 5.75. The number of hydrogen-bond acceptors (Lipinski definition) is 2. The van der Waals surface area contributed by atoms with Crippen molar-refractivity contribution < 1.29 is 4.79 Å². The zero-order valence-electron chi connectivity index (χ0n) is 9.75. The Hall–Kier alpha value is -0.150. The van der Waals surface area contributed by atoms with Crippen LogP contribution in [0.5, 0.6) is 0 Å². The van der Waals surface area contributed by atoms with Crippen molar-refractivity contribution in [1.29, 1.82) is 0 Å². The molecule has 0 spiro atoms. The molecular weight excluding hydrogens is 284 g/mol. The standard InChI is InChI=1S/C13H17BrOS/c1-13(2)5-3-4-11(13)12(15)7-10-6-9(14)8-16-10/h6,8,11H,3-5,7H2,1-2H3. The Kier molecular flexibility index (Phi) is 3.55. The summed E-state index contributed by atoms with van der Waals surface area (Å²) in [6.45, 7) is 4.46. The smallest absolute Gasteiger partial charge is 0.141 e. The fraction of sp³-hybridized carbons (Fsp3) is 0.615. The number of carbonyl (C=O) groups is 1. The number of hydrogen-bond donors (Lipinski definition) is 0. The summed E-state index contributed by atoms with van der Waals surface area (Å²) in [6.07, 6.45) is 4.10. The van der Waals surface area contributed by atoms with Crippen molar-refractivity contribution in [2.24, 2.45) is 11.3 Å². The lowest BCUT2D eigenvalue weighted by molar-refractivity contribution is -0.124. The van der Waals surface area contributed by atoms with Crippen LogP contribution in [0.2, 0.25) is 0 Å². The van der Waals surface area contributed by atoms with Gasteiger partial charge < -0.3 is 0 Å². The first-order chi connectivity index (χ1) is 7.49. The highest BCUT2D eigenvalue weighted by Crippen LogP contribution is 2.43. The van der Waals surface area contributed by atoms with Crippen LogP contribution in [0.1, 0.15) is 38.0 Å². The molecule has 0 bridgehead atoms. The summed E-state index contributed by atoms with van der Waals surface area (Å²) in [5.74, 6) is 0.699. The van der Waals surface area contributed by atoms with E-state index in [0.29, 0.717) is 12.2 Å². The summed E-state index contributed by atoms with van der Waals surface area (Å²) < 4.78 is 1.09. The van der Waals surface area contributed by atoms with Crippen LogP contribution in [0.25, 0.3) is 0 Å². The van der Waals surface area contributed by atoms with Crippen molar-refractivity contribution in [3.8, 4) is 0 Å².